The van der Waals surface area contributed by atoms with Crippen LogP contribution < -0.4 is 20.5 Å². The van der Waals surface area contributed by atoms with E-state index in [-0.39, 0.29) is 0 Å². The van der Waals surface area contributed by atoms with Gasteiger partial charge in [0.15, 0.2) is 11.5 Å². The molecule has 0 bridgehead atoms. The highest BCUT2D eigenvalue weighted by Gasteiger charge is 2.10. The van der Waals surface area contributed by atoms with Crippen molar-refractivity contribution >= 4 is 0 Å². The number of rotatable bonds is 10. The third-order valence-corrected chi connectivity index (χ3v) is 3.24. The van der Waals surface area contributed by atoms with Crippen molar-refractivity contribution in [1.82, 2.24) is 5.32 Å². The quantitative estimate of drug-likeness (QED) is 0.691. The van der Waals surface area contributed by atoms with E-state index in [0.717, 1.165) is 37.3 Å². The van der Waals surface area contributed by atoms with Gasteiger partial charge in [-0.05, 0) is 37.0 Å². The molecular weight excluding hydrogens is 252 g/mol. The molecule has 3 N–H and O–H groups in total. The third kappa shape index (κ3) is 5.39. The Hall–Kier alpha value is -1.26. The van der Waals surface area contributed by atoms with Crippen molar-refractivity contribution in [3.05, 3.63) is 23.8 Å². The summed E-state index contributed by atoms with van der Waals surface area (Å²) >= 11 is 0. The van der Waals surface area contributed by atoms with Crippen molar-refractivity contribution < 1.29 is 9.47 Å². The lowest BCUT2D eigenvalue weighted by Crippen LogP contribution is -2.34. The Kier molecular flexibility index (Phi) is 8.07. The molecule has 1 atom stereocenters. The molecule has 0 saturated carbocycles. The Bertz CT molecular complexity index is 383. The van der Waals surface area contributed by atoms with Crippen LogP contribution in [0.1, 0.15) is 32.3 Å². The maximum absolute atomic E-state index is 5.67. The average molecular weight is 280 g/mol. The van der Waals surface area contributed by atoms with Gasteiger partial charge >= 0.3 is 0 Å². The minimum atomic E-state index is 0.450. The summed E-state index contributed by atoms with van der Waals surface area (Å²) < 4.78 is 11.1. The van der Waals surface area contributed by atoms with Gasteiger partial charge < -0.3 is 20.5 Å². The number of nitrogens with one attached hydrogen (secondary N) is 1. The van der Waals surface area contributed by atoms with Gasteiger partial charge in [-0.1, -0.05) is 19.9 Å². The van der Waals surface area contributed by atoms with Crippen LogP contribution in [0.15, 0.2) is 18.2 Å². The zero-order valence-corrected chi connectivity index (χ0v) is 12.9. The number of hydrogen-bond donors (Lipinski definition) is 2. The van der Waals surface area contributed by atoms with Crippen LogP contribution in [0.25, 0.3) is 0 Å². The van der Waals surface area contributed by atoms with Crippen LogP contribution in [-0.2, 0) is 6.42 Å². The molecule has 0 fully saturated rings. The molecule has 114 valence electrons. The topological polar surface area (TPSA) is 56.5 Å². The van der Waals surface area contributed by atoms with E-state index in [2.05, 4.69) is 31.3 Å². The van der Waals surface area contributed by atoms with Crippen LogP contribution in [-0.4, -0.2) is 32.8 Å². The van der Waals surface area contributed by atoms with Gasteiger partial charge in [0.25, 0.3) is 0 Å². The standard InChI is InChI=1S/C16H28N2O2/c1-4-10-20-15-7-6-13(12-16(15)19-3)11-14(5-2)18-9-8-17/h6-7,12,14,18H,4-5,8-11,17H2,1-3H3. The van der Waals surface area contributed by atoms with Crippen molar-refractivity contribution in [3.8, 4) is 11.5 Å². The highest BCUT2D eigenvalue weighted by molar-refractivity contribution is 5.43. The van der Waals surface area contributed by atoms with E-state index < -0.39 is 0 Å². The van der Waals surface area contributed by atoms with Gasteiger partial charge in [0.05, 0.1) is 13.7 Å². The van der Waals surface area contributed by atoms with E-state index in [1.807, 2.05) is 6.07 Å². The van der Waals surface area contributed by atoms with Gasteiger partial charge in [-0.2, -0.15) is 0 Å². The van der Waals surface area contributed by atoms with Gasteiger partial charge in [-0.25, -0.2) is 0 Å². The summed E-state index contributed by atoms with van der Waals surface area (Å²) in [5.41, 5.74) is 6.79. The summed E-state index contributed by atoms with van der Waals surface area (Å²) in [6, 6.07) is 6.63. The Morgan fingerprint density at radius 3 is 2.65 bits per heavy atom. The van der Waals surface area contributed by atoms with Gasteiger partial charge in [0, 0.05) is 19.1 Å². The minimum absolute atomic E-state index is 0.450. The van der Waals surface area contributed by atoms with Crippen molar-refractivity contribution in [3.63, 3.8) is 0 Å². The number of benzene rings is 1. The van der Waals surface area contributed by atoms with Gasteiger partial charge in [-0.3, -0.25) is 0 Å². The zero-order valence-electron chi connectivity index (χ0n) is 12.9. The van der Waals surface area contributed by atoms with E-state index in [0.29, 0.717) is 19.2 Å². The van der Waals surface area contributed by atoms with Crippen LogP contribution in [0.5, 0.6) is 11.5 Å². The predicted molar refractivity (Wildman–Crippen MR) is 83.6 cm³/mol. The number of methoxy groups -OCH3 is 1. The molecule has 0 heterocycles. The summed E-state index contributed by atoms with van der Waals surface area (Å²) in [5.74, 6) is 1.63. The maximum Gasteiger partial charge on any atom is 0.161 e. The number of nitrogens with two attached hydrogens (primary N) is 1. The molecule has 1 aromatic carbocycles. The second-order valence-corrected chi connectivity index (χ2v) is 4.89. The lowest BCUT2D eigenvalue weighted by molar-refractivity contribution is 0.294. The normalized spacial score (nSPS) is 12.2. The van der Waals surface area contributed by atoms with Gasteiger partial charge in [0.1, 0.15) is 0 Å². The molecule has 4 heteroatoms. The molecule has 0 aromatic heterocycles. The second kappa shape index (κ2) is 9.61. The van der Waals surface area contributed by atoms with Gasteiger partial charge in [0.2, 0.25) is 0 Å². The van der Waals surface area contributed by atoms with Crippen LogP contribution in [0.3, 0.4) is 0 Å². The minimum Gasteiger partial charge on any atom is -0.493 e. The van der Waals surface area contributed by atoms with Crippen molar-refractivity contribution in [2.75, 3.05) is 26.8 Å². The average Bonchev–Trinajstić information content (AvgIpc) is 2.49. The van der Waals surface area contributed by atoms with Crippen LogP contribution in [0.2, 0.25) is 0 Å². The second-order valence-electron chi connectivity index (χ2n) is 4.89. The Morgan fingerprint density at radius 1 is 1.25 bits per heavy atom. The SMILES string of the molecule is CCCOc1ccc(CC(CC)NCCN)cc1OC. The molecule has 1 rings (SSSR count). The zero-order chi connectivity index (χ0) is 14.8. The van der Waals surface area contributed by atoms with Crippen LogP contribution in [0, 0.1) is 0 Å². The number of ether oxygens (including phenoxy) is 2. The first-order chi connectivity index (χ1) is 9.74. The number of hydrogen-bond acceptors (Lipinski definition) is 4. The largest absolute Gasteiger partial charge is 0.493 e. The van der Waals surface area contributed by atoms with E-state index in [9.17, 15) is 0 Å². The molecule has 4 nitrogen and oxygen atoms in total. The summed E-state index contributed by atoms with van der Waals surface area (Å²) in [6.45, 7) is 6.52. The van der Waals surface area contributed by atoms with E-state index in [1.54, 1.807) is 7.11 Å². The van der Waals surface area contributed by atoms with Crippen molar-refractivity contribution in [1.29, 1.82) is 0 Å². The third-order valence-electron chi connectivity index (χ3n) is 3.24. The van der Waals surface area contributed by atoms with E-state index in [4.69, 9.17) is 15.2 Å². The first kappa shape index (κ1) is 16.8. The molecule has 0 aliphatic carbocycles. The molecule has 0 spiro atoms. The fourth-order valence-electron chi connectivity index (χ4n) is 2.10. The molecule has 1 unspecified atom stereocenters. The summed E-state index contributed by atoms with van der Waals surface area (Å²) in [6.07, 6.45) is 3.04. The molecule has 0 radical (unpaired) electrons. The molecule has 0 amide bonds. The first-order valence-corrected chi connectivity index (χ1v) is 7.48. The molecule has 1 aromatic rings. The lowest BCUT2D eigenvalue weighted by Gasteiger charge is -2.18. The van der Waals surface area contributed by atoms with Crippen LogP contribution >= 0.6 is 0 Å². The maximum atomic E-state index is 5.67. The molecule has 0 aliphatic rings. The van der Waals surface area contributed by atoms with E-state index in [1.165, 1.54) is 5.56 Å². The van der Waals surface area contributed by atoms with Crippen molar-refractivity contribution in [2.45, 2.75) is 39.2 Å². The summed E-state index contributed by atoms with van der Waals surface area (Å²) in [7, 11) is 1.68. The Labute approximate surface area is 122 Å². The summed E-state index contributed by atoms with van der Waals surface area (Å²) in [5, 5.41) is 3.46. The highest BCUT2D eigenvalue weighted by atomic mass is 16.5. The van der Waals surface area contributed by atoms with Gasteiger partial charge in [-0.15, -0.1) is 0 Å². The fraction of sp³-hybridized carbons (Fsp3) is 0.625. The van der Waals surface area contributed by atoms with E-state index >= 15 is 0 Å². The first-order valence-electron chi connectivity index (χ1n) is 7.48. The highest BCUT2D eigenvalue weighted by Crippen LogP contribution is 2.28. The predicted octanol–water partition coefficient (Wildman–Crippen LogP) is 2.35. The van der Waals surface area contributed by atoms with Crippen LogP contribution in [0.4, 0.5) is 0 Å². The molecule has 0 saturated heterocycles. The smallest absolute Gasteiger partial charge is 0.161 e. The monoisotopic (exact) mass is 280 g/mol. The lowest BCUT2D eigenvalue weighted by atomic mass is 10.0. The fourth-order valence-corrected chi connectivity index (χ4v) is 2.10. The molecule has 0 aliphatic heterocycles. The molecule has 20 heavy (non-hydrogen) atoms. The summed E-state index contributed by atoms with van der Waals surface area (Å²) in [4.78, 5) is 0. The van der Waals surface area contributed by atoms with Crippen molar-refractivity contribution in [2.24, 2.45) is 5.73 Å². The molecular formula is C16H28N2O2. The Balaban J connectivity index is 2.70. The Morgan fingerprint density at radius 2 is 2.05 bits per heavy atom.